The van der Waals surface area contributed by atoms with Crippen LogP contribution in [0.3, 0.4) is 0 Å². The first-order chi connectivity index (χ1) is 12.9. The van der Waals surface area contributed by atoms with E-state index in [-0.39, 0.29) is 36.3 Å². The lowest BCUT2D eigenvalue weighted by Gasteiger charge is -2.17. The number of carboxylic acid groups (broad SMARTS) is 2. The molecule has 1 aromatic carbocycles. The lowest BCUT2D eigenvalue weighted by Crippen LogP contribution is -2.26. The molecule has 1 aromatic heterocycles. The predicted molar refractivity (Wildman–Crippen MR) is 98.1 cm³/mol. The molecule has 4 N–H and O–H groups in total. The number of methoxy groups -OCH3 is 1. The smallest absolute Gasteiger partial charge is 0.343 e. The molecule has 0 spiro atoms. The van der Waals surface area contributed by atoms with Crippen LogP contribution >= 0.6 is 0 Å². The summed E-state index contributed by atoms with van der Waals surface area (Å²) in [6.07, 6.45) is 0.681. The third-order valence-electron chi connectivity index (χ3n) is 3.58. The molecule has 2 aromatic rings. The van der Waals surface area contributed by atoms with Crippen LogP contribution < -0.4 is 10.1 Å². The molecule has 0 aliphatic carbocycles. The minimum absolute atomic E-state index is 0.0534. The third-order valence-corrected chi connectivity index (χ3v) is 3.58. The van der Waals surface area contributed by atoms with Crippen molar-refractivity contribution in [1.82, 2.24) is 5.16 Å². The van der Waals surface area contributed by atoms with Gasteiger partial charge in [0.2, 0.25) is 0 Å². The van der Waals surface area contributed by atoms with Crippen molar-refractivity contribution in [2.24, 2.45) is 5.92 Å². The van der Waals surface area contributed by atoms with E-state index in [0.29, 0.717) is 23.7 Å². The standard InChI is InChI=1S/C17H22N2O5.CH2O2/c1-10(2)8-12(9-20)18-16-14(17(21)22)15(24-19-16)11-4-6-13(23-3)7-5-11;2-1-3/h4-7,10,12,20H,8-9H2,1-3H3,(H,18,19)(H,21,22);1H,(H,2,3)/t12-;/m0./s1. The molecule has 0 aliphatic heterocycles. The molecular formula is C18H24N2O7. The first-order valence-electron chi connectivity index (χ1n) is 8.20. The molecule has 0 amide bonds. The predicted octanol–water partition coefficient (Wildman–Crippen LogP) is 2.57. The van der Waals surface area contributed by atoms with Crippen LogP contribution in [0.2, 0.25) is 0 Å². The molecule has 0 aliphatic rings. The quantitative estimate of drug-likeness (QED) is 0.508. The molecule has 0 fully saturated rings. The zero-order chi connectivity index (χ0) is 20.4. The molecule has 9 nitrogen and oxygen atoms in total. The number of carboxylic acids is 1. The number of aromatic carboxylic acids is 1. The Morgan fingerprint density at radius 2 is 1.93 bits per heavy atom. The summed E-state index contributed by atoms with van der Waals surface area (Å²) < 4.78 is 10.3. The first-order valence-corrected chi connectivity index (χ1v) is 8.20. The summed E-state index contributed by atoms with van der Waals surface area (Å²) in [4.78, 5) is 20.0. The molecule has 0 radical (unpaired) electrons. The van der Waals surface area contributed by atoms with Gasteiger partial charge in [-0.15, -0.1) is 0 Å². The van der Waals surface area contributed by atoms with Crippen molar-refractivity contribution < 1.29 is 34.2 Å². The number of ether oxygens (including phenoxy) is 1. The van der Waals surface area contributed by atoms with Crippen molar-refractivity contribution in [2.45, 2.75) is 26.3 Å². The van der Waals surface area contributed by atoms with Gasteiger partial charge in [0.15, 0.2) is 17.1 Å². The van der Waals surface area contributed by atoms with Gasteiger partial charge >= 0.3 is 5.97 Å². The molecule has 27 heavy (non-hydrogen) atoms. The summed E-state index contributed by atoms with van der Waals surface area (Å²) in [6.45, 7) is 3.67. The number of rotatable bonds is 8. The largest absolute Gasteiger partial charge is 0.497 e. The highest BCUT2D eigenvalue weighted by Crippen LogP contribution is 2.31. The molecule has 0 bridgehead atoms. The number of hydrogen-bond acceptors (Lipinski definition) is 7. The van der Waals surface area contributed by atoms with E-state index in [0.717, 1.165) is 0 Å². The van der Waals surface area contributed by atoms with E-state index in [2.05, 4.69) is 10.5 Å². The van der Waals surface area contributed by atoms with Crippen molar-refractivity contribution in [3.05, 3.63) is 29.8 Å². The molecule has 2 rings (SSSR count). The van der Waals surface area contributed by atoms with E-state index in [1.54, 1.807) is 31.4 Å². The minimum atomic E-state index is -1.15. The summed E-state index contributed by atoms with van der Waals surface area (Å²) in [6, 6.07) is 6.54. The SMILES string of the molecule is COc1ccc(-c2onc(N[C@H](CO)CC(C)C)c2C(=O)O)cc1.O=CO. The van der Waals surface area contributed by atoms with Crippen molar-refractivity contribution in [3.8, 4) is 17.1 Å². The Labute approximate surface area is 156 Å². The zero-order valence-electron chi connectivity index (χ0n) is 15.4. The monoisotopic (exact) mass is 380 g/mol. The lowest BCUT2D eigenvalue weighted by molar-refractivity contribution is -0.122. The van der Waals surface area contributed by atoms with Crippen molar-refractivity contribution in [1.29, 1.82) is 0 Å². The molecule has 1 heterocycles. The van der Waals surface area contributed by atoms with E-state index in [4.69, 9.17) is 19.2 Å². The summed E-state index contributed by atoms with van der Waals surface area (Å²) in [7, 11) is 1.55. The second kappa shape index (κ2) is 10.8. The number of aliphatic hydroxyl groups excluding tert-OH is 1. The van der Waals surface area contributed by atoms with Crippen LogP contribution in [0.15, 0.2) is 28.8 Å². The average Bonchev–Trinajstić information content (AvgIpc) is 3.05. The highest BCUT2D eigenvalue weighted by atomic mass is 16.5. The van der Waals surface area contributed by atoms with E-state index in [1.807, 2.05) is 13.8 Å². The van der Waals surface area contributed by atoms with Gasteiger partial charge in [-0.3, -0.25) is 4.79 Å². The number of nitrogens with one attached hydrogen (secondary N) is 1. The Morgan fingerprint density at radius 3 is 2.37 bits per heavy atom. The maximum absolute atomic E-state index is 11.7. The number of hydrogen-bond donors (Lipinski definition) is 4. The Kier molecular flexibility index (Phi) is 8.80. The lowest BCUT2D eigenvalue weighted by atomic mass is 10.0. The van der Waals surface area contributed by atoms with Crippen molar-refractivity contribution >= 4 is 18.3 Å². The Hall–Kier alpha value is -3.07. The van der Waals surface area contributed by atoms with Gasteiger partial charge in [-0.25, -0.2) is 4.79 Å². The third kappa shape index (κ3) is 6.30. The highest BCUT2D eigenvalue weighted by Gasteiger charge is 2.25. The van der Waals surface area contributed by atoms with Gasteiger partial charge in [0.1, 0.15) is 5.75 Å². The second-order valence-electron chi connectivity index (χ2n) is 6.03. The molecule has 148 valence electrons. The van der Waals surface area contributed by atoms with Crippen LogP contribution in [0.1, 0.15) is 30.6 Å². The molecule has 1 atom stereocenters. The normalized spacial score (nSPS) is 11.3. The van der Waals surface area contributed by atoms with Gasteiger partial charge in [-0.05, 0) is 36.6 Å². The van der Waals surface area contributed by atoms with Gasteiger partial charge in [0, 0.05) is 5.56 Å². The summed E-state index contributed by atoms with van der Waals surface area (Å²) >= 11 is 0. The number of aromatic nitrogens is 1. The first kappa shape index (κ1) is 22.0. The van der Waals surface area contributed by atoms with Gasteiger partial charge < -0.3 is 29.9 Å². The van der Waals surface area contributed by atoms with Crippen LogP contribution in [0.25, 0.3) is 11.3 Å². The fourth-order valence-electron chi connectivity index (χ4n) is 2.47. The van der Waals surface area contributed by atoms with E-state index < -0.39 is 5.97 Å². The van der Waals surface area contributed by atoms with Gasteiger partial charge in [-0.1, -0.05) is 19.0 Å². The van der Waals surface area contributed by atoms with E-state index in [1.165, 1.54) is 0 Å². The Morgan fingerprint density at radius 1 is 1.33 bits per heavy atom. The van der Waals surface area contributed by atoms with Crippen LogP contribution in [-0.4, -0.2) is 52.7 Å². The molecule has 0 saturated heterocycles. The Balaban J connectivity index is 0.00000114. The van der Waals surface area contributed by atoms with Gasteiger partial charge in [0.05, 0.1) is 19.8 Å². The minimum Gasteiger partial charge on any atom is -0.497 e. The van der Waals surface area contributed by atoms with Crippen molar-refractivity contribution in [3.63, 3.8) is 0 Å². The number of benzene rings is 1. The maximum atomic E-state index is 11.7. The second-order valence-corrected chi connectivity index (χ2v) is 6.03. The molecule has 0 saturated carbocycles. The van der Waals surface area contributed by atoms with Crippen LogP contribution in [-0.2, 0) is 4.79 Å². The number of carbonyl (C=O) groups is 2. The fraction of sp³-hybridized carbons (Fsp3) is 0.389. The van der Waals surface area contributed by atoms with Crippen LogP contribution in [0.5, 0.6) is 5.75 Å². The number of anilines is 1. The number of aliphatic hydroxyl groups is 1. The fourth-order valence-corrected chi connectivity index (χ4v) is 2.47. The summed E-state index contributed by atoms with van der Waals surface area (Å²) in [5.74, 6) is 0.134. The Bertz CT molecular complexity index is 726. The van der Waals surface area contributed by atoms with Crippen molar-refractivity contribution in [2.75, 3.05) is 19.0 Å². The molecule has 9 heteroatoms. The van der Waals surface area contributed by atoms with Gasteiger partial charge in [-0.2, -0.15) is 0 Å². The summed E-state index contributed by atoms with van der Waals surface area (Å²) in [5.41, 5.74) is 0.528. The molecule has 0 unspecified atom stereocenters. The van der Waals surface area contributed by atoms with E-state index in [9.17, 15) is 15.0 Å². The van der Waals surface area contributed by atoms with Crippen LogP contribution in [0, 0.1) is 5.92 Å². The van der Waals surface area contributed by atoms with E-state index >= 15 is 0 Å². The number of nitrogens with zero attached hydrogens (tertiary/aromatic N) is 1. The highest BCUT2D eigenvalue weighted by molar-refractivity contribution is 5.99. The maximum Gasteiger partial charge on any atom is 0.343 e. The summed E-state index contributed by atoms with van der Waals surface area (Å²) in [5, 5.41) is 32.7. The van der Waals surface area contributed by atoms with Crippen LogP contribution in [0.4, 0.5) is 5.82 Å². The molecular weight excluding hydrogens is 356 g/mol. The zero-order valence-corrected chi connectivity index (χ0v) is 15.4. The topological polar surface area (TPSA) is 142 Å². The van der Waals surface area contributed by atoms with Gasteiger partial charge in [0.25, 0.3) is 6.47 Å². The average molecular weight is 380 g/mol.